The van der Waals surface area contributed by atoms with Crippen LogP contribution in [0.15, 0.2) is 76.6 Å². The van der Waals surface area contributed by atoms with Gasteiger partial charge in [-0.1, -0.05) is 54.6 Å². The molecule has 1 aromatic heterocycles. The standard InChI is InChI=1S/C30H26F3N3O6S/c1-16(2)35-15-23(29(39)40)36-27(38)25(26(34)37)22(14-18-9-5-8-17-7-3-4-12-21(17)18)24(28(36)43(35,41)42)19-10-6-11-20(13-19)30(31,32)33/h3-13,16,23H,14-15H2,1-2H3,(H2,34,37)(H,39,40). The molecular weight excluding hydrogens is 587 g/mol. The summed E-state index contributed by atoms with van der Waals surface area (Å²) in [6, 6.07) is 13.5. The number of hydrogen-bond acceptors (Lipinski definition) is 5. The molecule has 224 valence electrons. The number of carbonyl (C=O) groups is 2. The highest BCUT2D eigenvalue weighted by Crippen LogP contribution is 2.41. The van der Waals surface area contributed by atoms with E-state index in [-0.39, 0.29) is 17.5 Å². The first-order valence-electron chi connectivity index (χ1n) is 13.1. The lowest BCUT2D eigenvalue weighted by molar-refractivity contribution is -0.142. The molecule has 9 nitrogen and oxygen atoms in total. The third kappa shape index (κ3) is 5.08. The first-order chi connectivity index (χ1) is 20.1. The summed E-state index contributed by atoms with van der Waals surface area (Å²) in [6.07, 6.45) is -5.10. The molecule has 4 aromatic rings. The Morgan fingerprint density at radius 2 is 1.70 bits per heavy atom. The summed E-state index contributed by atoms with van der Waals surface area (Å²) < 4.78 is 71.3. The number of nitrogens with two attached hydrogens (primary N) is 1. The second kappa shape index (κ2) is 10.7. The van der Waals surface area contributed by atoms with E-state index in [1.54, 1.807) is 30.3 Å². The SMILES string of the molecule is CC(C)N1CC(C(=O)O)n2c(c(-c3cccc(C(F)(F)F)c3)c(Cc3cccc4ccccc34)c(C(N)=O)c2=O)S1(=O)=O. The summed E-state index contributed by atoms with van der Waals surface area (Å²) >= 11 is 0. The van der Waals surface area contributed by atoms with Crippen LogP contribution in [0.2, 0.25) is 0 Å². The van der Waals surface area contributed by atoms with Crippen LogP contribution in [0.5, 0.6) is 0 Å². The quantitative estimate of drug-likeness (QED) is 0.330. The molecule has 2 heterocycles. The van der Waals surface area contributed by atoms with Gasteiger partial charge in [0.2, 0.25) is 0 Å². The minimum absolute atomic E-state index is 0.224. The van der Waals surface area contributed by atoms with Crippen molar-refractivity contribution in [1.29, 1.82) is 0 Å². The molecule has 1 unspecified atom stereocenters. The summed E-state index contributed by atoms with van der Waals surface area (Å²) in [5, 5.41) is 10.7. The third-order valence-corrected chi connectivity index (χ3v) is 9.60. The van der Waals surface area contributed by atoms with Crippen molar-refractivity contribution in [3.63, 3.8) is 0 Å². The van der Waals surface area contributed by atoms with Crippen molar-refractivity contribution in [1.82, 2.24) is 8.87 Å². The highest BCUT2D eigenvalue weighted by atomic mass is 32.2. The van der Waals surface area contributed by atoms with Crippen molar-refractivity contribution in [3.8, 4) is 11.1 Å². The van der Waals surface area contributed by atoms with Crippen molar-refractivity contribution in [2.45, 2.75) is 43.6 Å². The van der Waals surface area contributed by atoms with Gasteiger partial charge < -0.3 is 10.8 Å². The fourth-order valence-electron chi connectivity index (χ4n) is 5.61. The Balaban J connectivity index is 2.01. The molecule has 0 spiro atoms. The number of amides is 1. The number of fused-ring (bicyclic) bond motifs is 2. The number of carbonyl (C=O) groups excluding carboxylic acids is 1. The molecule has 1 amide bonds. The van der Waals surface area contributed by atoms with Crippen LogP contribution < -0.4 is 11.3 Å². The largest absolute Gasteiger partial charge is 0.480 e. The lowest BCUT2D eigenvalue weighted by atomic mass is 9.89. The van der Waals surface area contributed by atoms with E-state index in [0.29, 0.717) is 21.6 Å². The summed E-state index contributed by atoms with van der Waals surface area (Å²) in [4.78, 5) is 39.3. The molecule has 0 saturated heterocycles. The van der Waals surface area contributed by atoms with E-state index < -0.39 is 74.0 Å². The van der Waals surface area contributed by atoms with E-state index in [9.17, 15) is 41.1 Å². The van der Waals surface area contributed by atoms with Crippen LogP contribution in [0, 0.1) is 0 Å². The van der Waals surface area contributed by atoms with Crippen LogP contribution in [0.1, 0.15) is 46.9 Å². The molecule has 0 fully saturated rings. The van der Waals surface area contributed by atoms with E-state index in [1.807, 2.05) is 12.1 Å². The van der Waals surface area contributed by atoms with Crippen LogP contribution in [0.3, 0.4) is 0 Å². The van der Waals surface area contributed by atoms with Crippen LogP contribution in [-0.4, -0.2) is 46.9 Å². The molecular formula is C30H26F3N3O6S. The van der Waals surface area contributed by atoms with E-state index >= 15 is 0 Å². The smallest absolute Gasteiger partial charge is 0.416 e. The van der Waals surface area contributed by atoms with E-state index in [0.717, 1.165) is 21.8 Å². The van der Waals surface area contributed by atoms with Crippen LogP contribution in [0.4, 0.5) is 13.2 Å². The molecule has 13 heteroatoms. The Labute approximate surface area is 244 Å². The fourth-order valence-corrected chi connectivity index (χ4v) is 7.68. The molecule has 1 aliphatic heterocycles. The van der Waals surface area contributed by atoms with E-state index in [1.165, 1.54) is 19.9 Å². The predicted molar refractivity (Wildman–Crippen MR) is 152 cm³/mol. The average molecular weight is 614 g/mol. The highest BCUT2D eigenvalue weighted by Gasteiger charge is 2.46. The molecule has 0 saturated carbocycles. The summed E-state index contributed by atoms with van der Waals surface area (Å²) in [7, 11) is -4.70. The molecule has 0 bridgehead atoms. The van der Waals surface area contributed by atoms with E-state index in [2.05, 4.69) is 0 Å². The number of pyridine rings is 1. The predicted octanol–water partition coefficient (Wildman–Crippen LogP) is 4.42. The lowest BCUT2D eigenvalue weighted by Gasteiger charge is -2.37. The normalized spacial score (nSPS) is 16.7. The molecule has 5 rings (SSSR count). The zero-order valence-electron chi connectivity index (χ0n) is 22.9. The van der Waals surface area contributed by atoms with Crippen LogP contribution in [0.25, 0.3) is 21.9 Å². The number of halogens is 3. The van der Waals surface area contributed by atoms with Gasteiger partial charge in [0.05, 0.1) is 5.56 Å². The number of hydrogen-bond donors (Lipinski definition) is 2. The minimum atomic E-state index is -4.82. The zero-order valence-corrected chi connectivity index (χ0v) is 23.7. The maximum atomic E-state index is 14.2. The monoisotopic (exact) mass is 613 g/mol. The maximum absolute atomic E-state index is 14.2. The maximum Gasteiger partial charge on any atom is 0.416 e. The number of aromatic nitrogens is 1. The number of primary amides is 1. The molecule has 3 aromatic carbocycles. The van der Waals surface area contributed by atoms with Crippen molar-refractivity contribution in [3.05, 3.63) is 99.3 Å². The highest BCUT2D eigenvalue weighted by molar-refractivity contribution is 7.89. The Hall–Kier alpha value is -4.49. The average Bonchev–Trinajstić information content (AvgIpc) is 2.92. The number of benzene rings is 3. The Morgan fingerprint density at radius 3 is 2.33 bits per heavy atom. The first-order valence-corrected chi connectivity index (χ1v) is 14.6. The van der Waals surface area contributed by atoms with Gasteiger partial charge in [0.25, 0.3) is 21.5 Å². The summed E-state index contributed by atoms with van der Waals surface area (Å²) in [6.45, 7) is 2.36. The van der Waals surface area contributed by atoms with Crippen molar-refractivity contribution in [2.75, 3.05) is 6.54 Å². The second-order valence-electron chi connectivity index (χ2n) is 10.5. The van der Waals surface area contributed by atoms with Crippen LogP contribution >= 0.6 is 0 Å². The molecule has 0 aliphatic carbocycles. The van der Waals surface area contributed by atoms with Gasteiger partial charge in [-0.25, -0.2) is 13.2 Å². The molecule has 1 aliphatic rings. The van der Waals surface area contributed by atoms with Crippen molar-refractivity contribution in [2.24, 2.45) is 5.73 Å². The Bertz CT molecular complexity index is 1960. The molecule has 0 radical (unpaired) electrons. The van der Waals surface area contributed by atoms with Gasteiger partial charge in [0, 0.05) is 18.2 Å². The van der Waals surface area contributed by atoms with Gasteiger partial charge >= 0.3 is 12.1 Å². The van der Waals surface area contributed by atoms with Gasteiger partial charge in [-0.3, -0.25) is 14.2 Å². The number of aliphatic carboxylic acids is 1. The van der Waals surface area contributed by atoms with Crippen molar-refractivity contribution < 1.29 is 36.3 Å². The number of alkyl halides is 3. The van der Waals surface area contributed by atoms with Gasteiger partial charge in [-0.2, -0.15) is 17.5 Å². The van der Waals surface area contributed by atoms with Gasteiger partial charge in [-0.15, -0.1) is 0 Å². The number of nitrogens with zero attached hydrogens (tertiary/aromatic N) is 2. The second-order valence-corrected chi connectivity index (χ2v) is 12.3. The zero-order chi connectivity index (χ0) is 31.4. The van der Waals surface area contributed by atoms with Crippen molar-refractivity contribution >= 4 is 32.7 Å². The Kier molecular flexibility index (Phi) is 7.43. The minimum Gasteiger partial charge on any atom is -0.480 e. The summed E-state index contributed by atoms with van der Waals surface area (Å²) in [5.41, 5.74) is 2.23. The topological polar surface area (TPSA) is 140 Å². The Morgan fingerprint density at radius 1 is 1.05 bits per heavy atom. The first kappa shape index (κ1) is 30.0. The van der Waals surface area contributed by atoms with Gasteiger partial charge in [0.1, 0.15) is 11.6 Å². The third-order valence-electron chi connectivity index (χ3n) is 7.52. The molecule has 43 heavy (non-hydrogen) atoms. The number of rotatable bonds is 6. The van der Waals surface area contributed by atoms with Gasteiger partial charge in [-0.05, 0) is 59.9 Å². The molecule has 1 atom stereocenters. The number of sulfonamides is 1. The number of carboxylic acid groups (broad SMARTS) is 1. The van der Waals surface area contributed by atoms with Crippen LogP contribution in [-0.2, 0) is 27.4 Å². The van der Waals surface area contributed by atoms with Gasteiger partial charge in [0.15, 0.2) is 5.03 Å². The summed E-state index contributed by atoms with van der Waals surface area (Å²) in [5.74, 6) is -2.85. The van der Waals surface area contributed by atoms with E-state index in [4.69, 9.17) is 5.73 Å². The number of carboxylic acids is 1. The lowest BCUT2D eigenvalue weighted by Crippen LogP contribution is -2.53. The molecule has 3 N–H and O–H groups in total. The fraction of sp³-hybridized carbons (Fsp3) is 0.233.